The number of benzene rings is 3. The maximum atomic E-state index is 12.9. The molecule has 0 unspecified atom stereocenters. The molecule has 1 N–H and O–H groups in total. The minimum absolute atomic E-state index is 0.131. The van der Waals surface area contributed by atoms with Crippen molar-refractivity contribution in [1.29, 1.82) is 0 Å². The van der Waals surface area contributed by atoms with Gasteiger partial charge in [-0.3, -0.25) is 9.69 Å². The molecule has 1 saturated heterocycles. The number of rotatable bonds is 4. The number of carbonyl (C=O) groups is 1. The Morgan fingerprint density at radius 1 is 0.939 bits per heavy atom. The van der Waals surface area contributed by atoms with Crippen LogP contribution in [0.5, 0.6) is 11.5 Å². The van der Waals surface area contributed by atoms with Crippen molar-refractivity contribution in [2.24, 2.45) is 0 Å². The van der Waals surface area contributed by atoms with Crippen LogP contribution < -0.4 is 9.64 Å². The Morgan fingerprint density at radius 3 is 2.42 bits per heavy atom. The van der Waals surface area contributed by atoms with Gasteiger partial charge in [0.2, 0.25) is 5.78 Å². The molecule has 0 atom stereocenters. The summed E-state index contributed by atoms with van der Waals surface area (Å²) in [5.41, 5.74) is 3.03. The van der Waals surface area contributed by atoms with E-state index < -0.39 is 0 Å². The van der Waals surface area contributed by atoms with Crippen molar-refractivity contribution in [2.45, 2.75) is 6.54 Å². The Balaban J connectivity index is 1.32. The van der Waals surface area contributed by atoms with E-state index in [9.17, 15) is 9.90 Å². The molecule has 0 radical (unpaired) electrons. The van der Waals surface area contributed by atoms with Crippen molar-refractivity contribution in [1.82, 2.24) is 4.90 Å². The van der Waals surface area contributed by atoms with Crippen LogP contribution in [0.1, 0.15) is 21.5 Å². The van der Waals surface area contributed by atoms with E-state index in [1.165, 1.54) is 0 Å². The average Bonchev–Trinajstić information content (AvgIpc) is 3.13. The van der Waals surface area contributed by atoms with Gasteiger partial charge in [0.1, 0.15) is 11.5 Å². The zero-order chi connectivity index (χ0) is 22.9. The third-order valence-corrected chi connectivity index (χ3v) is 6.50. The molecule has 0 aliphatic carbocycles. The lowest BCUT2D eigenvalue weighted by molar-refractivity contribution is 0.101. The predicted molar refractivity (Wildman–Crippen MR) is 131 cm³/mol. The van der Waals surface area contributed by atoms with Crippen LogP contribution in [0.4, 0.5) is 5.69 Å². The molecule has 2 aliphatic heterocycles. The third-order valence-electron chi connectivity index (χ3n) is 6.01. The Hall–Kier alpha value is -2.99. The van der Waals surface area contributed by atoms with E-state index in [2.05, 4.69) is 15.9 Å². The number of halogens is 2. The topological polar surface area (TPSA) is 53.0 Å². The van der Waals surface area contributed by atoms with Gasteiger partial charge in [0, 0.05) is 48.5 Å². The predicted octanol–water partition coefficient (Wildman–Crippen LogP) is 5.64. The molecule has 5 rings (SSSR count). The second-order valence-electron chi connectivity index (χ2n) is 8.17. The third kappa shape index (κ3) is 4.58. The standard InChI is InChI=1S/C26H22Cl2N2O3/c27-18-6-4-17(5-7-18)14-24-25(32)21-8-9-23(31)22(26(21)33-24)16-29-10-12-30(13-11-29)20-3-1-2-19(28)15-20/h1-9,14-15,31H,10-13,16H2/b24-14-. The van der Waals surface area contributed by atoms with E-state index in [0.29, 0.717) is 28.4 Å². The monoisotopic (exact) mass is 480 g/mol. The molecule has 3 aromatic carbocycles. The van der Waals surface area contributed by atoms with E-state index >= 15 is 0 Å². The van der Waals surface area contributed by atoms with Gasteiger partial charge in [-0.1, -0.05) is 41.4 Å². The Kier molecular flexibility index (Phi) is 6.02. The van der Waals surface area contributed by atoms with Crippen molar-refractivity contribution in [3.8, 4) is 11.5 Å². The summed E-state index contributed by atoms with van der Waals surface area (Å²) in [6.45, 7) is 3.82. The van der Waals surface area contributed by atoms with Crippen molar-refractivity contribution in [3.05, 3.63) is 93.2 Å². The highest BCUT2D eigenvalue weighted by molar-refractivity contribution is 6.31. The molecular formula is C26H22Cl2N2O3. The van der Waals surface area contributed by atoms with E-state index in [0.717, 1.165) is 42.5 Å². The zero-order valence-corrected chi connectivity index (χ0v) is 19.3. The molecule has 0 amide bonds. The molecule has 0 saturated carbocycles. The molecule has 168 valence electrons. The highest BCUT2D eigenvalue weighted by atomic mass is 35.5. The second-order valence-corrected chi connectivity index (χ2v) is 9.05. The zero-order valence-electron chi connectivity index (χ0n) is 17.8. The number of ketones is 1. The van der Waals surface area contributed by atoms with E-state index in [-0.39, 0.29) is 17.3 Å². The summed E-state index contributed by atoms with van der Waals surface area (Å²) >= 11 is 12.1. The molecule has 0 spiro atoms. The summed E-state index contributed by atoms with van der Waals surface area (Å²) < 4.78 is 5.98. The number of aromatic hydroxyl groups is 1. The van der Waals surface area contributed by atoms with Crippen LogP contribution in [0.3, 0.4) is 0 Å². The number of nitrogens with zero attached hydrogens (tertiary/aromatic N) is 2. The highest BCUT2D eigenvalue weighted by Crippen LogP contribution is 2.40. The first-order valence-corrected chi connectivity index (χ1v) is 11.5. The molecule has 2 heterocycles. The number of Topliss-reactive ketones (excluding diaryl/α,β-unsaturated/α-hetero) is 1. The van der Waals surface area contributed by atoms with Crippen LogP contribution in [-0.2, 0) is 6.54 Å². The minimum Gasteiger partial charge on any atom is -0.507 e. The molecule has 7 heteroatoms. The molecule has 2 aliphatic rings. The minimum atomic E-state index is -0.188. The fourth-order valence-corrected chi connectivity index (χ4v) is 4.53. The summed E-state index contributed by atoms with van der Waals surface area (Å²) in [5, 5.41) is 11.9. The largest absolute Gasteiger partial charge is 0.507 e. The van der Waals surface area contributed by atoms with Gasteiger partial charge in [0.15, 0.2) is 5.76 Å². The normalized spacial score (nSPS) is 17.3. The van der Waals surface area contributed by atoms with Gasteiger partial charge in [0.25, 0.3) is 0 Å². The lowest BCUT2D eigenvalue weighted by Crippen LogP contribution is -2.46. The van der Waals surface area contributed by atoms with Crippen LogP contribution in [0.2, 0.25) is 10.0 Å². The summed E-state index contributed by atoms with van der Waals surface area (Å²) in [4.78, 5) is 17.5. The number of hydrogen-bond acceptors (Lipinski definition) is 5. The fraction of sp³-hybridized carbons (Fsp3) is 0.192. The Bertz CT molecular complexity index is 1230. The van der Waals surface area contributed by atoms with Gasteiger partial charge in [-0.2, -0.15) is 0 Å². The first kappa shape index (κ1) is 21.8. The molecular weight excluding hydrogens is 459 g/mol. The van der Waals surface area contributed by atoms with E-state index in [4.69, 9.17) is 27.9 Å². The number of carbonyl (C=O) groups excluding carboxylic acids is 1. The summed E-state index contributed by atoms with van der Waals surface area (Å²) in [6.07, 6.45) is 1.70. The molecule has 1 fully saturated rings. The fourth-order valence-electron chi connectivity index (χ4n) is 4.22. The van der Waals surface area contributed by atoms with Gasteiger partial charge in [-0.25, -0.2) is 0 Å². The van der Waals surface area contributed by atoms with E-state index in [1.807, 2.05) is 30.3 Å². The number of allylic oxidation sites excluding steroid dienone is 1. The van der Waals surface area contributed by atoms with Crippen LogP contribution in [0.25, 0.3) is 6.08 Å². The summed E-state index contributed by atoms with van der Waals surface area (Å²) in [7, 11) is 0. The lowest BCUT2D eigenvalue weighted by Gasteiger charge is -2.36. The van der Waals surface area contributed by atoms with Gasteiger partial charge < -0.3 is 14.7 Å². The van der Waals surface area contributed by atoms with Gasteiger partial charge in [0.05, 0.1) is 11.1 Å². The highest BCUT2D eigenvalue weighted by Gasteiger charge is 2.32. The molecule has 5 nitrogen and oxygen atoms in total. The molecule has 3 aromatic rings. The van der Waals surface area contributed by atoms with Crippen molar-refractivity contribution < 1.29 is 14.6 Å². The smallest absolute Gasteiger partial charge is 0.231 e. The average molecular weight is 481 g/mol. The van der Waals surface area contributed by atoms with Gasteiger partial charge in [-0.15, -0.1) is 0 Å². The SMILES string of the molecule is O=C1/C(=C/c2ccc(Cl)cc2)Oc2c1ccc(O)c2CN1CCN(c2cccc(Cl)c2)CC1. The number of piperazine rings is 1. The molecule has 0 aromatic heterocycles. The number of fused-ring (bicyclic) bond motifs is 1. The number of phenols is 1. The number of ether oxygens (including phenoxy) is 1. The van der Waals surface area contributed by atoms with Crippen molar-refractivity contribution in [3.63, 3.8) is 0 Å². The van der Waals surface area contributed by atoms with Gasteiger partial charge in [-0.05, 0) is 54.1 Å². The summed E-state index contributed by atoms with van der Waals surface area (Å²) in [5.74, 6) is 0.626. The number of hydrogen-bond donors (Lipinski definition) is 1. The van der Waals surface area contributed by atoms with Crippen molar-refractivity contribution >= 4 is 40.7 Å². The molecule has 33 heavy (non-hydrogen) atoms. The van der Waals surface area contributed by atoms with E-state index in [1.54, 1.807) is 30.3 Å². The first-order valence-electron chi connectivity index (χ1n) is 10.8. The second kappa shape index (κ2) is 9.10. The lowest BCUT2D eigenvalue weighted by atomic mass is 10.0. The van der Waals surface area contributed by atoms with Crippen LogP contribution in [-0.4, -0.2) is 42.0 Å². The van der Waals surface area contributed by atoms with Crippen LogP contribution in [0, 0.1) is 0 Å². The number of phenolic OH excluding ortho intramolecular Hbond substituents is 1. The maximum Gasteiger partial charge on any atom is 0.231 e. The number of anilines is 1. The first-order chi connectivity index (χ1) is 16.0. The van der Waals surface area contributed by atoms with Gasteiger partial charge >= 0.3 is 0 Å². The summed E-state index contributed by atoms with van der Waals surface area (Å²) in [6, 6.07) is 18.2. The van der Waals surface area contributed by atoms with Crippen molar-refractivity contribution in [2.75, 3.05) is 31.1 Å². The molecule has 0 bridgehead atoms. The van der Waals surface area contributed by atoms with Crippen LogP contribution in [0.15, 0.2) is 66.4 Å². The Labute approximate surface area is 202 Å². The maximum absolute atomic E-state index is 12.9. The quantitative estimate of drug-likeness (QED) is 0.489. The Morgan fingerprint density at radius 2 is 1.70 bits per heavy atom. The van der Waals surface area contributed by atoms with Crippen LogP contribution >= 0.6 is 23.2 Å².